The summed E-state index contributed by atoms with van der Waals surface area (Å²) < 4.78 is 3.42. The zero-order valence-electron chi connectivity index (χ0n) is 22.8. The number of hydrogen-bond donors (Lipinski definition) is 3. The molecule has 0 saturated carbocycles. The molecule has 0 aliphatic carbocycles. The molecule has 42 heavy (non-hydrogen) atoms. The first kappa shape index (κ1) is 25.3. The van der Waals surface area contributed by atoms with Gasteiger partial charge in [-0.1, -0.05) is 10.4 Å². The van der Waals surface area contributed by atoms with Crippen LogP contribution < -0.4 is 16.0 Å². The van der Waals surface area contributed by atoms with E-state index in [4.69, 9.17) is 0 Å². The van der Waals surface area contributed by atoms with Crippen LogP contribution >= 0.6 is 0 Å². The van der Waals surface area contributed by atoms with Gasteiger partial charge in [0.15, 0.2) is 0 Å². The molecular weight excluding hydrogens is 530 g/mol. The second-order valence-electron chi connectivity index (χ2n) is 9.88. The Morgan fingerprint density at radius 3 is 1.57 bits per heavy atom. The Morgan fingerprint density at radius 2 is 1.17 bits per heavy atom. The number of amides is 1. The lowest BCUT2D eigenvalue weighted by Gasteiger charge is -2.06. The lowest BCUT2D eigenvalue weighted by molar-refractivity contribution is 0.0963. The van der Waals surface area contributed by atoms with Crippen molar-refractivity contribution >= 4 is 17.6 Å². The predicted molar refractivity (Wildman–Crippen MR) is 159 cm³/mol. The maximum atomic E-state index is 12.7. The molecule has 0 spiro atoms. The van der Waals surface area contributed by atoms with Gasteiger partial charge >= 0.3 is 0 Å². The van der Waals surface area contributed by atoms with Crippen molar-refractivity contribution in [1.82, 2.24) is 45.9 Å². The van der Waals surface area contributed by atoms with Crippen molar-refractivity contribution in [3.05, 3.63) is 95.8 Å². The molecule has 0 radical (unpaired) electrons. The van der Waals surface area contributed by atoms with Crippen LogP contribution in [0.2, 0.25) is 0 Å². The van der Waals surface area contributed by atoms with Gasteiger partial charge in [0.05, 0.1) is 36.9 Å². The number of aliphatic imine (C=N–C) groups is 2. The molecule has 0 fully saturated rings. The molecule has 2 aliphatic heterocycles. The molecular formula is C30H27N11O. The summed E-state index contributed by atoms with van der Waals surface area (Å²) in [4.78, 5) is 21.6. The predicted octanol–water partition coefficient (Wildman–Crippen LogP) is 2.24. The van der Waals surface area contributed by atoms with Crippen LogP contribution in [0.4, 0.5) is 0 Å². The standard InChI is InChI=1S/C30H27N11O/c1-31-30(42)23-15-21(26-17-40(38-36-26)24-6-2-19(3-7-24)28-32-10-11-33-28)14-22(16-23)27-18-41(39-37-27)25-8-4-20(5-9-25)29-34-12-13-35-29/h2-9,14-18H,10-13H2,1H3,(H,31,42)(H,32,33)(H,34,35). The molecule has 12 nitrogen and oxygen atoms in total. The number of aromatic nitrogens is 6. The van der Waals surface area contributed by atoms with E-state index in [2.05, 4.69) is 46.6 Å². The highest BCUT2D eigenvalue weighted by molar-refractivity contribution is 6.00. The van der Waals surface area contributed by atoms with Crippen molar-refractivity contribution < 1.29 is 4.79 Å². The quantitative estimate of drug-likeness (QED) is 0.279. The zero-order chi connectivity index (χ0) is 28.5. The van der Waals surface area contributed by atoms with Gasteiger partial charge in [-0.15, -0.1) is 10.2 Å². The average Bonchev–Trinajstić information content (AvgIpc) is 3.88. The van der Waals surface area contributed by atoms with E-state index in [0.717, 1.165) is 71.5 Å². The summed E-state index contributed by atoms with van der Waals surface area (Å²) in [7, 11) is 1.61. The van der Waals surface area contributed by atoms with Crippen LogP contribution in [0.15, 0.2) is 89.1 Å². The van der Waals surface area contributed by atoms with Crippen LogP contribution in [0.25, 0.3) is 33.9 Å². The first-order valence-electron chi connectivity index (χ1n) is 13.7. The number of benzene rings is 3. The van der Waals surface area contributed by atoms with E-state index in [1.807, 2.05) is 67.0 Å². The molecule has 208 valence electrons. The first-order valence-corrected chi connectivity index (χ1v) is 13.7. The van der Waals surface area contributed by atoms with Gasteiger partial charge < -0.3 is 16.0 Å². The molecule has 4 heterocycles. The SMILES string of the molecule is CNC(=O)c1cc(-c2cn(-c3ccc(C4=NCCN4)cc3)nn2)cc(-c2cn(-c3ccc(C4=NCCN4)cc3)nn2)c1. The number of carbonyl (C=O) groups is 1. The van der Waals surface area contributed by atoms with Crippen LogP contribution in [-0.2, 0) is 0 Å². The molecule has 0 unspecified atom stereocenters. The van der Waals surface area contributed by atoms with Crippen molar-refractivity contribution in [3.63, 3.8) is 0 Å². The van der Waals surface area contributed by atoms with Crippen molar-refractivity contribution in [2.75, 3.05) is 33.2 Å². The lowest BCUT2D eigenvalue weighted by Crippen LogP contribution is -2.19. The number of amidine groups is 2. The summed E-state index contributed by atoms with van der Waals surface area (Å²) in [5.74, 6) is 1.60. The molecule has 3 N–H and O–H groups in total. The Morgan fingerprint density at radius 1 is 0.690 bits per heavy atom. The lowest BCUT2D eigenvalue weighted by atomic mass is 10.0. The first-order chi connectivity index (χ1) is 20.6. The molecule has 2 aliphatic rings. The van der Waals surface area contributed by atoms with Gasteiger partial charge in [0, 0.05) is 48.0 Å². The maximum absolute atomic E-state index is 12.7. The number of nitrogens with zero attached hydrogens (tertiary/aromatic N) is 8. The molecule has 2 aromatic heterocycles. The Balaban J connectivity index is 1.18. The largest absolute Gasteiger partial charge is 0.368 e. The summed E-state index contributed by atoms with van der Waals surface area (Å²) in [6.07, 6.45) is 3.68. The van der Waals surface area contributed by atoms with Gasteiger partial charge in [0.1, 0.15) is 23.1 Å². The fourth-order valence-electron chi connectivity index (χ4n) is 4.97. The van der Waals surface area contributed by atoms with Crippen molar-refractivity contribution in [2.45, 2.75) is 0 Å². The minimum absolute atomic E-state index is 0.212. The highest BCUT2D eigenvalue weighted by Crippen LogP contribution is 2.27. The molecule has 7 rings (SSSR count). The van der Waals surface area contributed by atoms with E-state index in [9.17, 15) is 4.79 Å². The summed E-state index contributed by atoms with van der Waals surface area (Å²) >= 11 is 0. The van der Waals surface area contributed by atoms with Gasteiger partial charge in [0.25, 0.3) is 5.91 Å². The van der Waals surface area contributed by atoms with Crippen LogP contribution in [0.5, 0.6) is 0 Å². The minimum Gasteiger partial charge on any atom is -0.368 e. The zero-order valence-corrected chi connectivity index (χ0v) is 22.8. The number of hydrogen-bond acceptors (Lipinski definition) is 9. The van der Waals surface area contributed by atoms with Gasteiger partial charge in [-0.3, -0.25) is 14.8 Å². The Kier molecular flexibility index (Phi) is 6.47. The monoisotopic (exact) mass is 557 g/mol. The van der Waals surface area contributed by atoms with E-state index in [-0.39, 0.29) is 5.91 Å². The van der Waals surface area contributed by atoms with Crippen LogP contribution in [0, 0.1) is 0 Å². The summed E-state index contributed by atoms with van der Waals surface area (Å²) in [6.45, 7) is 3.30. The van der Waals surface area contributed by atoms with Crippen LogP contribution in [0.1, 0.15) is 21.5 Å². The summed E-state index contributed by atoms with van der Waals surface area (Å²) in [5.41, 5.74) is 7.00. The third-order valence-corrected chi connectivity index (χ3v) is 7.16. The maximum Gasteiger partial charge on any atom is 0.251 e. The summed E-state index contributed by atoms with van der Waals surface area (Å²) in [5, 5.41) is 26.8. The fourth-order valence-corrected chi connectivity index (χ4v) is 4.97. The van der Waals surface area contributed by atoms with E-state index in [1.54, 1.807) is 28.5 Å². The van der Waals surface area contributed by atoms with E-state index in [1.165, 1.54) is 0 Å². The number of nitrogens with one attached hydrogen (secondary N) is 3. The van der Waals surface area contributed by atoms with Gasteiger partial charge in [0.2, 0.25) is 0 Å². The molecule has 0 atom stereocenters. The fraction of sp³-hybridized carbons (Fsp3) is 0.167. The highest BCUT2D eigenvalue weighted by atomic mass is 16.1. The molecule has 3 aromatic carbocycles. The molecule has 12 heteroatoms. The second-order valence-corrected chi connectivity index (χ2v) is 9.88. The molecule has 1 amide bonds. The molecule has 0 bridgehead atoms. The topological polar surface area (TPSA) is 139 Å². The average molecular weight is 558 g/mol. The Bertz CT molecular complexity index is 1710. The smallest absolute Gasteiger partial charge is 0.251 e. The number of rotatable bonds is 7. The summed E-state index contributed by atoms with van der Waals surface area (Å²) in [6, 6.07) is 21.5. The third-order valence-electron chi connectivity index (χ3n) is 7.16. The van der Waals surface area contributed by atoms with E-state index < -0.39 is 0 Å². The van der Waals surface area contributed by atoms with Crippen LogP contribution in [0.3, 0.4) is 0 Å². The van der Waals surface area contributed by atoms with Gasteiger partial charge in [-0.25, -0.2) is 9.36 Å². The van der Waals surface area contributed by atoms with Crippen molar-refractivity contribution in [3.8, 4) is 33.9 Å². The Hall–Kier alpha value is -5.65. The van der Waals surface area contributed by atoms with Gasteiger partial charge in [-0.2, -0.15) is 0 Å². The second kappa shape index (κ2) is 10.7. The molecule has 0 saturated heterocycles. The normalized spacial score (nSPS) is 14.2. The van der Waals surface area contributed by atoms with E-state index >= 15 is 0 Å². The minimum atomic E-state index is -0.212. The van der Waals surface area contributed by atoms with E-state index in [0.29, 0.717) is 17.0 Å². The van der Waals surface area contributed by atoms with Crippen LogP contribution in [-0.4, -0.2) is 80.8 Å². The third kappa shape index (κ3) is 4.89. The molecule has 5 aromatic rings. The van der Waals surface area contributed by atoms with Crippen molar-refractivity contribution in [2.24, 2.45) is 9.98 Å². The number of carbonyl (C=O) groups excluding carboxylic acids is 1. The Labute approximate surface area is 241 Å². The van der Waals surface area contributed by atoms with Gasteiger partial charge in [-0.05, 0) is 66.7 Å². The van der Waals surface area contributed by atoms with Crippen molar-refractivity contribution in [1.29, 1.82) is 0 Å². The highest BCUT2D eigenvalue weighted by Gasteiger charge is 2.16.